The Morgan fingerprint density at radius 1 is 1.17 bits per heavy atom. The van der Waals surface area contributed by atoms with E-state index >= 15 is 0 Å². The minimum atomic E-state index is -0.270. The van der Waals surface area contributed by atoms with Crippen LogP contribution in [0.3, 0.4) is 0 Å². The van der Waals surface area contributed by atoms with Crippen LogP contribution in [0, 0.1) is 5.82 Å². The molecule has 0 saturated heterocycles. The third-order valence-corrected chi connectivity index (χ3v) is 4.27. The topological polar surface area (TPSA) is 47.6 Å². The highest BCUT2D eigenvalue weighted by Crippen LogP contribution is 2.33. The van der Waals surface area contributed by atoms with Crippen LogP contribution >= 0.6 is 15.9 Å². The van der Waals surface area contributed by atoms with Crippen molar-refractivity contribution in [2.45, 2.75) is 12.8 Å². The van der Waals surface area contributed by atoms with E-state index in [1.54, 1.807) is 32.4 Å². The summed E-state index contributed by atoms with van der Waals surface area (Å²) in [7, 11) is 3.11. The summed E-state index contributed by atoms with van der Waals surface area (Å²) < 4.78 is 24.3. The van der Waals surface area contributed by atoms with Gasteiger partial charge in [0.1, 0.15) is 5.82 Å². The van der Waals surface area contributed by atoms with Crippen molar-refractivity contribution in [2.75, 3.05) is 20.8 Å². The third-order valence-electron chi connectivity index (χ3n) is 3.53. The number of nitrogens with one attached hydrogen (secondary N) is 1. The lowest BCUT2D eigenvalue weighted by atomic mass is 10.1. The first-order chi connectivity index (χ1) is 11.5. The summed E-state index contributed by atoms with van der Waals surface area (Å²) in [4.78, 5) is 12.1. The average molecular weight is 396 g/mol. The minimum absolute atomic E-state index is 0.112. The number of rotatable bonds is 7. The molecule has 6 heteroatoms. The van der Waals surface area contributed by atoms with Crippen molar-refractivity contribution in [3.8, 4) is 11.5 Å². The Hall–Kier alpha value is -2.08. The van der Waals surface area contributed by atoms with Gasteiger partial charge >= 0.3 is 0 Å². The average Bonchev–Trinajstić information content (AvgIpc) is 2.56. The van der Waals surface area contributed by atoms with Crippen LogP contribution in [0.2, 0.25) is 0 Å². The monoisotopic (exact) mass is 395 g/mol. The highest BCUT2D eigenvalue weighted by molar-refractivity contribution is 9.10. The fraction of sp³-hybridized carbons (Fsp3) is 0.278. The van der Waals surface area contributed by atoms with E-state index in [2.05, 4.69) is 21.2 Å². The Labute approximate surface area is 149 Å². The van der Waals surface area contributed by atoms with Gasteiger partial charge in [-0.05, 0) is 41.8 Å². The number of halogens is 2. The van der Waals surface area contributed by atoms with Crippen molar-refractivity contribution < 1.29 is 18.7 Å². The Morgan fingerprint density at radius 2 is 1.88 bits per heavy atom. The Bertz CT molecular complexity index is 721. The molecule has 0 heterocycles. The van der Waals surface area contributed by atoms with Crippen LogP contribution in [0.5, 0.6) is 11.5 Å². The molecule has 128 valence electrons. The molecular formula is C18H19BrFNO3. The van der Waals surface area contributed by atoms with Crippen LogP contribution in [-0.2, 0) is 17.6 Å². The van der Waals surface area contributed by atoms with Gasteiger partial charge in [0.15, 0.2) is 11.5 Å². The van der Waals surface area contributed by atoms with Crippen molar-refractivity contribution in [1.82, 2.24) is 5.32 Å². The first-order valence-electron chi connectivity index (χ1n) is 7.45. The quantitative estimate of drug-likeness (QED) is 0.780. The van der Waals surface area contributed by atoms with Gasteiger partial charge < -0.3 is 14.8 Å². The van der Waals surface area contributed by atoms with Gasteiger partial charge in [-0.15, -0.1) is 0 Å². The molecule has 2 aromatic carbocycles. The molecule has 4 nitrogen and oxygen atoms in total. The smallest absolute Gasteiger partial charge is 0.224 e. The van der Waals surface area contributed by atoms with Gasteiger partial charge in [-0.1, -0.05) is 28.1 Å². The van der Waals surface area contributed by atoms with Crippen LogP contribution in [0.25, 0.3) is 0 Å². The second-order valence-electron chi connectivity index (χ2n) is 5.21. The van der Waals surface area contributed by atoms with Crippen LogP contribution in [0.15, 0.2) is 40.9 Å². The second kappa shape index (κ2) is 8.68. The highest BCUT2D eigenvalue weighted by Gasteiger charge is 2.12. The predicted octanol–water partition coefficient (Wildman–Crippen LogP) is 3.51. The molecular weight excluding hydrogens is 377 g/mol. The number of amides is 1. The summed E-state index contributed by atoms with van der Waals surface area (Å²) in [6, 6.07) is 9.91. The molecule has 2 aromatic rings. The van der Waals surface area contributed by atoms with Crippen molar-refractivity contribution in [2.24, 2.45) is 0 Å². The molecule has 2 rings (SSSR count). The molecule has 1 N–H and O–H groups in total. The molecule has 0 atom stereocenters. The molecule has 0 unspecified atom stereocenters. The fourth-order valence-electron chi connectivity index (χ4n) is 2.31. The number of hydrogen-bond acceptors (Lipinski definition) is 3. The number of ether oxygens (including phenoxy) is 2. The van der Waals surface area contributed by atoms with E-state index < -0.39 is 0 Å². The van der Waals surface area contributed by atoms with Crippen molar-refractivity contribution in [1.29, 1.82) is 0 Å². The number of hydrogen-bond donors (Lipinski definition) is 1. The van der Waals surface area contributed by atoms with E-state index in [1.807, 2.05) is 6.07 Å². The maximum atomic E-state index is 13.1. The van der Waals surface area contributed by atoms with Crippen molar-refractivity contribution in [3.05, 3.63) is 57.8 Å². The maximum absolute atomic E-state index is 13.1. The molecule has 0 bridgehead atoms. The molecule has 0 fully saturated rings. The summed E-state index contributed by atoms with van der Waals surface area (Å²) in [5.41, 5.74) is 1.65. The van der Waals surface area contributed by atoms with Gasteiger partial charge in [0.05, 0.1) is 20.6 Å². The van der Waals surface area contributed by atoms with Crippen LogP contribution in [0.4, 0.5) is 4.39 Å². The number of benzene rings is 2. The summed E-state index contributed by atoms with van der Waals surface area (Å²) in [6.45, 7) is 0.452. The largest absolute Gasteiger partial charge is 0.493 e. The molecule has 0 spiro atoms. The first-order valence-corrected chi connectivity index (χ1v) is 8.24. The molecule has 1 amide bonds. The van der Waals surface area contributed by atoms with E-state index in [4.69, 9.17) is 9.47 Å². The number of methoxy groups -OCH3 is 2. The number of carbonyl (C=O) groups is 1. The van der Waals surface area contributed by atoms with Crippen molar-refractivity contribution in [3.63, 3.8) is 0 Å². The maximum Gasteiger partial charge on any atom is 0.224 e. The minimum Gasteiger partial charge on any atom is -0.493 e. The lowest BCUT2D eigenvalue weighted by Crippen LogP contribution is -2.27. The zero-order valence-corrected chi connectivity index (χ0v) is 15.2. The highest BCUT2D eigenvalue weighted by atomic mass is 79.9. The van der Waals surface area contributed by atoms with E-state index in [0.717, 1.165) is 15.6 Å². The molecule has 0 aliphatic heterocycles. The zero-order chi connectivity index (χ0) is 17.5. The second-order valence-corrected chi connectivity index (χ2v) is 6.06. The Balaban J connectivity index is 1.92. The SMILES string of the molecule is COc1cc(Br)c(CC(=O)NCCc2cccc(F)c2)cc1OC. The Morgan fingerprint density at radius 3 is 2.54 bits per heavy atom. The molecule has 0 aromatic heterocycles. The summed E-state index contributed by atoms with van der Waals surface area (Å²) >= 11 is 3.44. The first kappa shape index (κ1) is 18.3. The third kappa shape index (κ3) is 4.96. The van der Waals surface area contributed by atoms with Gasteiger partial charge in [-0.25, -0.2) is 4.39 Å². The molecule has 0 aliphatic carbocycles. The van der Waals surface area contributed by atoms with E-state index in [0.29, 0.717) is 24.5 Å². The van der Waals surface area contributed by atoms with Gasteiger partial charge in [0, 0.05) is 11.0 Å². The molecule has 0 saturated carbocycles. The van der Waals surface area contributed by atoms with Gasteiger partial charge in [0.2, 0.25) is 5.91 Å². The molecule has 24 heavy (non-hydrogen) atoms. The number of carbonyl (C=O) groups excluding carboxylic acids is 1. The Kier molecular flexibility index (Phi) is 6.61. The van der Waals surface area contributed by atoms with Gasteiger partial charge in [-0.3, -0.25) is 4.79 Å². The molecule has 0 radical (unpaired) electrons. The van der Waals surface area contributed by atoms with Gasteiger partial charge in [0.25, 0.3) is 0 Å². The zero-order valence-electron chi connectivity index (χ0n) is 13.6. The lowest BCUT2D eigenvalue weighted by molar-refractivity contribution is -0.120. The van der Waals surface area contributed by atoms with Crippen LogP contribution in [0.1, 0.15) is 11.1 Å². The van der Waals surface area contributed by atoms with E-state index in [-0.39, 0.29) is 18.1 Å². The summed E-state index contributed by atoms with van der Waals surface area (Å²) in [6.07, 6.45) is 0.792. The summed E-state index contributed by atoms with van der Waals surface area (Å²) in [5.74, 6) is 0.787. The van der Waals surface area contributed by atoms with Crippen LogP contribution in [-0.4, -0.2) is 26.7 Å². The van der Waals surface area contributed by atoms with E-state index in [1.165, 1.54) is 12.1 Å². The lowest BCUT2D eigenvalue weighted by Gasteiger charge is -2.12. The molecule has 0 aliphatic rings. The van der Waals surface area contributed by atoms with Gasteiger partial charge in [-0.2, -0.15) is 0 Å². The van der Waals surface area contributed by atoms with Crippen LogP contribution < -0.4 is 14.8 Å². The van der Waals surface area contributed by atoms with E-state index in [9.17, 15) is 9.18 Å². The summed E-state index contributed by atoms with van der Waals surface area (Å²) in [5, 5.41) is 2.84. The standard InChI is InChI=1S/C18H19BrFNO3/c1-23-16-9-13(15(19)11-17(16)24-2)10-18(22)21-7-6-12-4-3-5-14(20)8-12/h3-5,8-9,11H,6-7,10H2,1-2H3,(H,21,22). The van der Waals surface area contributed by atoms with Crippen molar-refractivity contribution >= 4 is 21.8 Å². The predicted molar refractivity (Wildman–Crippen MR) is 94.1 cm³/mol. The normalized spacial score (nSPS) is 10.3. The fourth-order valence-corrected chi connectivity index (χ4v) is 2.77.